The Bertz CT molecular complexity index is 583. The molecular weight excluding hydrogens is 314 g/mol. The van der Waals surface area contributed by atoms with E-state index in [1.807, 2.05) is 25.7 Å². The summed E-state index contributed by atoms with van der Waals surface area (Å²) in [5.41, 5.74) is 0.285. The van der Waals surface area contributed by atoms with Crippen LogP contribution in [0.25, 0.3) is 0 Å². The van der Waals surface area contributed by atoms with Crippen molar-refractivity contribution in [2.45, 2.75) is 27.2 Å². The second kappa shape index (κ2) is 7.21. The summed E-state index contributed by atoms with van der Waals surface area (Å²) in [6, 6.07) is 6.92. The van der Waals surface area contributed by atoms with Crippen LogP contribution in [-0.4, -0.2) is 47.9 Å². The SMILES string of the molecule is CC(C)(C)C(=O)N1CCCN(C(=O)Nc2cccc(Cl)c2)CC1. The van der Waals surface area contributed by atoms with Crippen LogP contribution in [0.15, 0.2) is 24.3 Å². The number of amides is 3. The molecule has 0 spiro atoms. The van der Waals surface area contributed by atoms with Crippen LogP contribution in [0.1, 0.15) is 27.2 Å². The number of nitrogens with one attached hydrogen (secondary N) is 1. The maximum atomic E-state index is 12.4. The Hall–Kier alpha value is -1.75. The van der Waals surface area contributed by atoms with Crippen molar-refractivity contribution in [3.63, 3.8) is 0 Å². The number of halogens is 1. The van der Waals surface area contributed by atoms with Crippen LogP contribution < -0.4 is 5.32 Å². The molecule has 1 aliphatic rings. The number of nitrogens with zero attached hydrogens (tertiary/aromatic N) is 2. The van der Waals surface area contributed by atoms with Gasteiger partial charge >= 0.3 is 6.03 Å². The summed E-state index contributed by atoms with van der Waals surface area (Å²) in [6.07, 6.45) is 0.783. The smallest absolute Gasteiger partial charge is 0.321 e. The summed E-state index contributed by atoms with van der Waals surface area (Å²) < 4.78 is 0. The van der Waals surface area contributed by atoms with Crippen molar-refractivity contribution in [3.8, 4) is 0 Å². The molecule has 1 aromatic rings. The zero-order chi connectivity index (χ0) is 17.0. The molecule has 6 heteroatoms. The van der Waals surface area contributed by atoms with Gasteiger partial charge in [-0.1, -0.05) is 38.4 Å². The summed E-state index contributed by atoms with van der Waals surface area (Å²) in [5.74, 6) is 0.134. The number of urea groups is 1. The topological polar surface area (TPSA) is 52.7 Å². The molecule has 0 bridgehead atoms. The predicted molar refractivity (Wildman–Crippen MR) is 92.7 cm³/mol. The van der Waals surface area contributed by atoms with Crippen LogP contribution in [0.4, 0.5) is 10.5 Å². The molecule has 0 unspecified atom stereocenters. The van der Waals surface area contributed by atoms with Crippen molar-refractivity contribution in [3.05, 3.63) is 29.3 Å². The molecule has 1 fully saturated rings. The minimum absolute atomic E-state index is 0.134. The van der Waals surface area contributed by atoms with Gasteiger partial charge in [-0.25, -0.2) is 4.79 Å². The van der Waals surface area contributed by atoms with Crippen molar-refractivity contribution < 1.29 is 9.59 Å². The third-order valence-corrected chi connectivity index (χ3v) is 4.02. The van der Waals surface area contributed by atoms with Gasteiger partial charge in [0.1, 0.15) is 0 Å². The molecule has 5 nitrogen and oxygen atoms in total. The quantitative estimate of drug-likeness (QED) is 0.853. The summed E-state index contributed by atoms with van der Waals surface area (Å²) in [6.45, 7) is 8.20. The first-order chi connectivity index (χ1) is 10.8. The van der Waals surface area contributed by atoms with Crippen LogP contribution in [-0.2, 0) is 4.79 Å². The first kappa shape index (κ1) is 17.6. The number of rotatable bonds is 1. The molecule has 0 radical (unpaired) electrons. The molecule has 1 saturated heterocycles. The lowest BCUT2D eigenvalue weighted by Crippen LogP contribution is -2.42. The van der Waals surface area contributed by atoms with Gasteiger partial charge in [0.15, 0.2) is 0 Å². The van der Waals surface area contributed by atoms with Gasteiger partial charge in [-0.3, -0.25) is 4.79 Å². The standard InChI is InChI=1S/C17H24ClN3O2/c1-17(2,3)15(22)20-8-5-9-21(11-10-20)16(23)19-14-7-4-6-13(18)12-14/h4,6-7,12H,5,8-11H2,1-3H3,(H,19,23). The first-order valence-electron chi connectivity index (χ1n) is 7.88. The fraction of sp³-hybridized carbons (Fsp3) is 0.529. The Morgan fingerprint density at radius 3 is 2.39 bits per heavy atom. The zero-order valence-corrected chi connectivity index (χ0v) is 14.7. The second-order valence-corrected chi connectivity index (χ2v) is 7.26. The summed E-state index contributed by atoms with van der Waals surface area (Å²) in [4.78, 5) is 28.3. The maximum absolute atomic E-state index is 12.4. The van der Waals surface area contributed by atoms with Gasteiger partial charge < -0.3 is 15.1 Å². The largest absolute Gasteiger partial charge is 0.340 e. The normalized spacial score (nSPS) is 16.0. The number of carbonyl (C=O) groups excluding carboxylic acids is 2. The van der Waals surface area contributed by atoms with E-state index in [4.69, 9.17) is 11.6 Å². The third kappa shape index (κ3) is 4.86. The molecule has 126 valence electrons. The molecule has 0 aliphatic carbocycles. The van der Waals surface area contributed by atoms with Crippen molar-refractivity contribution in [2.24, 2.45) is 5.41 Å². The van der Waals surface area contributed by atoms with Gasteiger partial charge in [-0.05, 0) is 24.6 Å². The van der Waals surface area contributed by atoms with E-state index in [0.717, 1.165) is 6.42 Å². The van der Waals surface area contributed by atoms with E-state index in [1.54, 1.807) is 29.2 Å². The van der Waals surface area contributed by atoms with E-state index in [-0.39, 0.29) is 11.9 Å². The molecule has 1 heterocycles. The van der Waals surface area contributed by atoms with E-state index in [9.17, 15) is 9.59 Å². The Morgan fingerprint density at radius 2 is 1.74 bits per heavy atom. The van der Waals surface area contributed by atoms with E-state index in [1.165, 1.54) is 0 Å². The molecule has 0 aromatic heterocycles. The highest BCUT2D eigenvalue weighted by molar-refractivity contribution is 6.30. The van der Waals surface area contributed by atoms with Crippen LogP contribution >= 0.6 is 11.6 Å². The van der Waals surface area contributed by atoms with E-state index < -0.39 is 5.41 Å². The van der Waals surface area contributed by atoms with Crippen LogP contribution in [0.5, 0.6) is 0 Å². The summed E-state index contributed by atoms with van der Waals surface area (Å²) >= 11 is 5.93. The van der Waals surface area contributed by atoms with Gasteiger partial charge in [0, 0.05) is 42.3 Å². The molecule has 1 aliphatic heterocycles. The number of benzene rings is 1. The lowest BCUT2D eigenvalue weighted by molar-refractivity contribution is -0.139. The van der Waals surface area contributed by atoms with Crippen molar-refractivity contribution in [1.29, 1.82) is 0 Å². The van der Waals surface area contributed by atoms with Crippen LogP contribution in [0, 0.1) is 5.41 Å². The van der Waals surface area contributed by atoms with Gasteiger partial charge in [-0.15, -0.1) is 0 Å². The lowest BCUT2D eigenvalue weighted by atomic mass is 9.94. The molecular formula is C17H24ClN3O2. The molecule has 3 amide bonds. The molecule has 1 aromatic carbocycles. The highest BCUT2D eigenvalue weighted by Crippen LogP contribution is 2.19. The first-order valence-corrected chi connectivity index (χ1v) is 8.26. The number of carbonyl (C=O) groups is 2. The minimum atomic E-state index is -0.391. The minimum Gasteiger partial charge on any atom is -0.340 e. The fourth-order valence-corrected chi connectivity index (χ4v) is 2.76. The molecule has 23 heavy (non-hydrogen) atoms. The van der Waals surface area contributed by atoms with E-state index in [0.29, 0.717) is 36.9 Å². The van der Waals surface area contributed by atoms with Gasteiger partial charge in [0.2, 0.25) is 5.91 Å². The second-order valence-electron chi connectivity index (χ2n) is 6.82. The maximum Gasteiger partial charge on any atom is 0.321 e. The van der Waals surface area contributed by atoms with Crippen LogP contribution in [0.2, 0.25) is 5.02 Å². The Labute approximate surface area is 142 Å². The highest BCUT2D eigenvalue weighted by atomic mass is 35.5. The number of anilines is 1. The third-order valence-electron chi connectivity index (χ3n) is 3.79. The Kier molecular flexibility index (Phi) is 5.52. The van der Waals surface area contributed by atoms with Gasteiger partial charge in [0.25, 0.3) is 0 Å². The van der Waals surface area contributed by atoms with Crippen molar-refractivity contribution in [1.82, 2.24) is 9.80 Å². The zero-order valence-electron chi connectivity index (χ0n) is 13.9. The summed E-state index contributed by atoms with van der Waals surface area (Å²) in [7, 11) is 0. The molecule has 1 N–H and O–H groups in total. The van der Waals surface area contributed by atoms with Crippen molar-refractivity contribution in [2.75, 3.05) is 31.5 Å². The Morgan fingerprint density at radius 1 is 1.09 bits per heavy atom. The number of hydrogen-bond donors (Lipinski definition) is 1. The highest BCUT2D eigenvalue weighted by Gasteiger charge is 2.29. The predicted octanol–water partition coefficient (Wildman–Crippen LogP) is 3.45. The average Bonchev–Trinajstić information content (AvgIpc) is 2.71. The average molecular weight is 338 g/mol. The lowest BCUT2D eigenvalue weighted by Gasteiger charge is -2.28. The molecule has 2 rings (SSSR count). The summed E-state index contributed by atoms with van der Waals surface area (Å²) in [5, 5.41) is 3.44. The van der Waals surface area contributed by atoms with Crippen molar-refractivity contribution >= 4 is 29.2 Å². The fourth-order valence-electron chi connectivity index (χ4n) is 2.57. The van der Waals surface area contributed by atoms with E-state index in [2.05, 4.69) is 5.32 Å². The van der Waals surface area contributed by atoms with Gasteiger partial charge in [-0.2, -0.15) is 0 Å². The van der Waals surface area contributed by atoms with E-state index >= 15 is 0 Å². The Balaban J connectivity index is 1.95. The van der Waals surface area contributed by atoms with Crippen LogP contribution in [0.3, 0.4) is 0 Å². The number of hydrogen-bond acceptors (Lipinski definition) is 2. The molecule has 0 atom stereocenters. The molecule has 0 saturated carbocycles. The monoisotopic (exact) mass is 337 g/mol. The van der Waals surface area contributed by atoms with Gasteiger partial charge in [0.05, 0.1) is 0 Å².